The first-order valence-corrected chi connectivity index (χ1v) is 11.5. The number of furan rings is 1. The van der Waals surface area contributed by atoms with Gasteiger partial charge in [0.1, 0.15) is 11.5 Å². The lowest BCUT2D eigenvalue weighted by molar-refractivity contribution is -0.115. The number of ether oxygens (including phenoxy) is 1. The van der Waals surface area contributed by atoms with E-state index in [9.17, 15) is 9.59 Å². The Balaban J connectivity index is 1.36. The van der Waals surface area contributed by atoms with Gasteiger partial charge in [-0.15, -0.1) is 10.2 Å². The van der Waals surface area contributed by atoms with E-state index in [1.807, 2.05) is 12.1 Å². The Morgan fingerprint density at radius 2 is 1.83 bits per heavy atom. The summed E-state index contributed by atoms with van der Waals surface area (Å²) in [7, 11) is 1.54. The van der Waals surface area contributed by atoms with Gasteiger partial charge >= 0.3 is 0 Å². The van der Waals surface area contributed by atoms with Crippen LogP contribution in [0, 0.1) is 6.92 Å². The fraction of sp³-hybridized carbons (Fsp3) is 0.167. The first-order chi connectivity index (χ1) is 16.9. The number of para-hydroxylation sites is 2. The van der Waals surface area contributed by atoms with Crippen molar-refractivity contribution in [1.82, 2.24) is 14.9 Å². The van der Waals surface area contributed by atoms with Crippen LogP contribution in [-0.2, 0) is 4.79 Å². The van der Waals surface area contributed by atoms with Gasteiger partial charge in [0.15, 0.2) is 5.82 Å². The highest BCUT2D eigenvalue weighted by atomic mass is 32.2. The van der Waals surface area contributed by atoms with E-state index in [-0.39, 0.29) is 11.8 Å². The number of anilines is 2. The number of carbonyl (C=O) groups excluding carboxylic acids is 2. The summed E-state index contributed by atoms with van der Waals surface area (Å²) in [6.45, 7) is 3.55. The van der Waals surface area contributed by atoms with E-state index < -0.39 is 5.25 Å². The number of rotatable bonds is 8. The normalized spacial score (nSPS) is 11.6. The molecule has 0 radical (unpaired) electrons. The SMILES string of the molecule is COc1ccccc1NC(=O)c1ccc(NC(=O)C(C)Sc2nnc(-c3ccoc3C)n2N)cc1. The van der Waals surface area contributed by atoms with Crippen LogP contribution >= 0.6 is 11.8 Å². The monoisotopic (exact) mass is 492 g/mol. The van der Waals surface area contributed by atoms with Crippen molar-refractivity contribution in [2.24, 2.45) is 0 Å². The number of carbonyl (C=O) groups is 2. The third-order valence-corrected chi connectivity index (χ3v) is 6.24. The van der Waals surface area contributed by atoms with E-state index in [1.54, 1.807) is 69.7 Å². The highest BCUT2D eigenvalue weighted by Crippen LogP contribution is 2.28. The van der Waals surface area contributed by atoms with Crippen LogP contribution in [0.15, 0.2) is 70.4 Å². The van der Waals surface area contributed by atoms with Gasteiger partial charge in [-0.05, 0) is 56.3 Å². The molecule has 0 aliphatic carbocycles. The molecule has 0 saturated carbocycles. The van der Waals surface area contributed by atoms with Crippen LogP contribution in [0.1, 0.15) is 23.0 Å². The zero-order valence-corrected chi connectivity index (χ0v) is 20.1. The van der Waals surface area contributed by atoms with E-state index in [4.69, 9.17) is 15.0 Å². The zero-order chi connectivity index (χ0) is 24.9. The Hall–Kier alpha value is -4.25. The first kappa shape index (κ1) is 23.9. The number of benzene rings is 2. The molecule has 2 heterocycles. The van der Waals surface area contributed by atoms with Gasteiger partial charge in [0.2, 0.25) is 11.1 Å². The van der Waals surface area contributed by atoms with Crippen LogP contribution in [-0.4, -0.2) is 39.0 Å². The molecule has 180 valence electrons. The molecule has 2 aromatic carbocycles. The zero-order valence-electron chi connectivity index (χ0n) is 19.3. The summed E-state index contributed by atoms with van der Waals surface area (Å²) in [4.78, 5) is 25.3. The number of methoxy groups -OCH3 is 1. The quantitative estimate of drug-likeness (QED) is 0.248. The number of aryl methyl sites for hydroxylation is 1. The van der Waals surface area contributed by atoms with Gasteiger partial charge in [-0.25, -0.2) is 4.68 Å². The minimum atomic E-state index is -0.506. The molecule has 35 heavy (non-hydrogen) atoms. The third-order valence-electron chi connectivity index (χ3n) is 5.19. The Bertz CT molecular complexity index is 1350. The summed E-state index contributed by atoms with van der Waals surface area (Å²) in [5.41, 5.74) is 2.30. The van der Waals surface area contributed by atoms with Gasteiger partial charge in [-0.3, -0.25) is 9.59 Å². The van der Waals surface area contributed by atoms with Crippen LogP contribution < -0.4 is 21.2 Å². The molecule has 0 saturated heterocycles. The van der Waals surface area contributed by atoms with Crippen molar-refractivity contribution >= 4 is 35.0 Å². The van der Waals surface area contributed by atoms with Gasteiger partial charge in [0.25, 0.3) is 5.91 Å². The predicted molar refractivity (Wildman–Crippen MR) is 134 cm³/mol. The molecule has 1 unspecified atom stereocenters. The molecular formula is C24H24N6O4S. The second-order valence-corrected chi connectivity index (χ2v) is 8.86. The Labute approximate surface area is 205 Å². The van der Waals surface area contributed by atoms with Gasteiger partial charge in [0.05, 0.1) is 29.9 Å². The van der Waals surface area contributed by atoms with Gasteiger partial charge < -0.3 is 25.6 Å². The van der Waals surface area contributed by atoms with Crippen LogP contribution in [0.5, 0.6) is 5.75 Å². The van der Waals surface area contributed by atoms with Crippen molar-refractivity contribution in [3.05, 3.63) is 72.2 Å². The number of hydrogen-bond acceptors (Lipinski definition) is 8. The van der Waals surface area contributed by atoms with E-state index >= 15 is 0 Å². The number of aromatic nitrogens is 3. The molecular weight excluding hydrogens is 468 g/mol. The molecule has 4 N–H and O–H groups in total. The number of nitrogen functional groups attached to an aromatic ring is 1. The van der Waals surface area contributed by atoms with Crippen LogP contribution in [0.25, 0.3) is 11.4 Å². The fourth-order valence-electron chi connectivity index (χ4n) is 3.26. The smallest absolute Gasteiger partial charge is 0.255 e. The van der Waals surface area contributed by atoms with Gasteiger partial charge in [0, 0.05) is 11.3 Å². The molecule has 10 nitrogen and oxygen atoms in total. The van der Waals surface area contributed by atoms with Crippen LogP contribution in [0.2, 0.25) is 0 Å². The summed E-state index contributed by atoms with van der Waals surface area (Å²) in [6, 6.07) is 15.5. The highest BCUT2D eigenvalue weighted by Gasteiger charge is 2.21. The standard InChI is InChI=1S/C24H24N6O4S/c1-14-18(12-13-34-14)21-28-29-24(30(21)25)35-15(2)22(31)26-17-10-8-16(9-11-17)23(32)27-19-6-4-5-7-20(19)33-3/h4-13,15H,25H2,1-3H3,(H,26,31)(H,27,32). The van der Waals surface area contributed by atoms with Crippen molar-refractivity contribution in [1.29, 1.82) is 0 Å². The molecule has 0 aliphatic rings. The summed E-state index contributed by atoms with van der Waals surface area (Å²) < 4.78 is 11.9. The maximum absolute atomic E-state index is 12.7. The minimum absolute atomic E-state index is 0.245. The molecule has 1 atom stereocenters. The number of thioether (sulfide) groups is 1. The molecule has 2 aromatic heterocycles. The lowest BCUT2D eigenvalue weighted by Crippen LogP contribution is -2.23. The summed E-state index contributed by atoms with van der Waals surface area (Å²) in [5.74, 6) is 7.29. The maximum atomic E-state index is 12.7. The summed E-state index contributed by atoms with van der Waals surface area (Å²) in [5, 5.41) is 13.7. The lowest BCUT2D eigenvalue weighted by Gasteiger charge is -2.12. The molecule has 0 spiro atoms. The largest absolute Gasteiger partial charge is 0.495 e. The number of nitrogens with two attached hydrogens (primary N) is 1. The average Bonchev–Trinajstić information content (AvgIpc) is 3.44. The van der Waals surface area contributed by atoms with Crippen molar-refractivity contribution in [2.75, 3.05) is 23.6 Å². The Kier molecular flexibility index (Phi) is 7.06. The molecule has 4 rings (SSSR count). The van der Waals surface area contributed by atoms with E-state index in [1.165, 1.54) is 16.4 Å². The molecule has 0 bridgehead atoms. The van der Waals surface area contributed by atoms with Crippen LogP contribution in [0.4, 0.5) is 11.4 Å². The van der Waals surface area contributed by atoms with Crippen molar-refractivity contribution < 1.29 is 18.7 Å². The van der Waals surface area contributed by atoms with Crippen molar-refractivity contribution in [3.8, 4) is 17.1 Å². The number of amides is 2. The topological polar surface area (TPSA) is 137 Å². The molecule has 0 aliphatic heterocycles. The number of nitrogens with one attached hydrogen (secondary N) is 2. The van der Waals surface area contributed by atoms with E-state index in [0.717, 1.165) is 5.56 Å². The van der Waals surface area contributed by atoms with Crippen LogP contribution in [0.3, 0.4) is 0 Å². The van der Waals surface area contributed by atoms with Crippen molar-refractivity contribution in [3.63, 3.8) is 0 Å². The summed E-state index contributed by atoms with van der Waals surface area (Å²) >= 11 is 1.18. The Morgan fingerprint density at radius 1 is 1.09 bits per heavy atom. The molecule has 0 fully saturated rings. The molecule has 11 heteroatoms. The lowest BCUT2D eigenvalue weighted by atomic mass is 10.2. The van der Waals surface area contributed by atoms with Gasteiger partial charge in [-0.2, -0.15) is 0 Å². The molecule has 4 aromatic rings. The third kappa shape index (κ3) is 5.30. The second kappa shape index (κ2) is 10.3. The number of nitrogens with zero attached hydrogens (tertiary/aromatic N) is 3. The molecule has 2 amide bonds. The highest BCUT2D eigenvalue weighted by molar-refractivity contribution is 8.00. The average molecular weight is 493 g/mol. The first-order valence-electron chi connectivity index (χ1n) is 10.6. The van der Waals surface area contributed by atoms with E-state index in [0.29, 0.717) is 39.4 Å². The van der Waals surface area contributed by atoms with Gasteiger partial charge in [-0.1, -0.05) is 23.9 Å². The predicted octanol–water partition coefficient (Wildman–Crippen LogP) is 3.94. The van der Waals surface area contributed by atoms with Crippen molar-refractivity contribution in [2.45, 2.75) is 24.3 Å². The second-order valence-electron chi connectivity index (χ2n) is 7.55. The Morgan fingerprint density at radius 3 is 2.51 bits per heavy atom. The minimum Gasteiger partial charge on any atom is -0.495 e. The maximum Gasteiger partial charge on any atom is 0.255 e. The van der Waals surface area contributed by atoms with E-state index in [2.05, 4.69) is 20.8 Å². The number of hydrogen-bond donors (Lipinski definition) is 3. The fourth-order valence-corrected chi connectivity index (χ4v) is 4.03. The summed E-state index contributed by atoms with van der Waals surface area (Å²) in [6.07, 6.45) is 1.55.